The summed E-state index contributed by atoms with van der Waals surface area (Å²) in [5.41, 5.74) is 0.634. The van der Waals surface area contributed by atoms with Gasteiger partial charge in [0.2, 0.25) is 0 Å². The van der Waals surface area contributed by atoms with Gasteiger partial charge in [0, 0.05) is 25.1 Å². The highest BCUT2D eigenvalue weighted by atomic mass is 15.1. The summed E-state index contributed by atoms with van der Waals surface area (Å²) in [7, 11) is 1.91. The van der Waals surface area contributed by atoms with Crippen LogP contribution in [0.1, 0.15) is 52.3 Å². The molecule has 0 bridgehead atoms. The van der Waals surface area contributed by atoms with Crippen molar-refractivity contribution in [1.29, 1.82) is 0 Å². The number of hydrogen-bond donors (Lipinski definition) is 2. The third-order valence-electron chi connectivity index (χ3n) is 5.26. The van der Waals surface area contributed by atoms with Crippen LogP contribution in [0.3, 0.4) is 0 Å². The third kappa shape index (κ3) is 1.97. The van der Waals surface area contributed by atoms with Gasteiger partial charge < -0.3 is 10.6 Å². The molecule has 0 aromatic carbocycles. The van der Waals surface area contributed by atoms with Gasteiger partial charge in [0.15, 0.2) is 0 Å². The second kappa shape index (κ2) is 3.84. The van der Waals surface area contributed by atoms with Crippen LogP contribution in [0.2, 0.25) is 0 Å². The van der Waals surface area contributed by atoms with E-state index >= 15 is 0 Å². The van der Waals surface area contributed by atoms with Crippen LogP contribution in [0.5, 0.6) is 0 Å². The van der Waals surface area contributed by atoms with Crippen LogP contribution in [-0.2, 0) is 0 Å². The smallest absolute Gasteiger partial charge is 0.136 e. The first kappa shape index (κ1) is 12.7. The number of aromatic nitrogens is 2. The lowest BCUT2D eigenvalue weighted by Gasteiger charge is -2.11. The molecule has 0 unspecified atom stereocenters. The lowest BCUT2D eigenvalue weighted by Crippen LogP contribution is -2.13. The van der Waals surface area contributed by atoms with Gasteiger partial charge in [0.1, 0.15) is 17.5 Å². The maximum Gasteiger partial charge on any atom is 0.136 e. The van der Waals surface area contributed by atoms with Crippen molar-refractivity contribution in [2.45, 2.75) is 52.5 Å². The Morgan fingerprint density at radius 2 is 1.63 bits per heavy atom. The molecule has 0 amide bonds. The van der Waals surface area contributed by atoms with Gasteiger partial charge in [-0.05, 0) is 23.7 Å². The summed E-state index contributed by atoms with van der Waals surface area (Å²) in [4.78, 5) is 9.24. The molecule has 0 radical (unpaired) electrons. The number of nitrogens with one attached hydrogen (secondary N) is 2. The zero-order valence-electron chi connectivity index (χ0n) is 12.5. The molecule has 2 saturated carbocycles. The first-order valence-electron chi connectivity index (χ1n) is 7.19. The number of anilines is 2. The molecule has 4 nitrogen and oxygen atoms in total. The monoisotopic (exact) mass is 260 g/mol. The Morgan fingerprint density at radius 3 is 2.11 bits per heavy atom. The van der Waals surface area contributed by atoms with Gasteiger partial charge in [-0.25, -0.2) is 9.97 Å². The zero-order chi connectivity index (χ0) is 13.8. The molecule has 0 saturated heterocycles. The molecule has 1 aromatic rings. The molecular weight excluding hydrogens is 236 g/mol. The summed E-state index contributed by atoms with van der Waals surface area (Å²) < 4.78 is 0. The highest BCUT2D eigenvalue weighted by Crippen LogP contribution is 2.63. The Balaban J connectivity index is 1.83. The fourth-order valence-corrected chi connectivity index (χ4v) is 2.90. The molecule has 19 heavy (non-hydrogen) atoms. The maximum atomic E-state index is 4.69. The Labute approximate surface area is 115 Å². The summed E-state index contributed by atoms with van der Waals surface area (Å²) in [6.07, 6.45) is 2.46. The molecule has 2 aliphatic rings. The number of nitrogens with zero attached hydrogens (tertiary/aromatic N) is 2. The van der Waals surface area contributed by atoms with Gasteiger partial charge in [-0.15, -0.1) is 0 Å². The van der Waals surface area contributed by atoms with Crippen molar-refractivity contribution in [3.05, 3.63) is 11.9 Å². The van der Waals surface area contributed by atoms with Crippen molar-refractivity contribution in [2.24, 2.45) is 10.8 Å². The summed E-state index contributed by atoms with van der Waals surface area (Å²) in [5.74, 6) is 3.44. The second-order valence-corrected chi connectivity index (χ2v) is 7.04. The molecule has 1 heterocycles. The van der Waals surface area contributed by atoms with E-state index in [4.69, 9.17) is 4.98 Å². The Hall–Kier alpha value is -1.32. The van der Waals surface area contributed by atoms with Gasteiger partial charge in [-0.2, -0.15) is 0 Å². The lowest BCUT2D eigenvalue weighted by atomic mass is 10.0. The van der Waals surface area contributed by atoms with Crippen molar-refractivity contribution in [2.75, 3.05) is 17.7 Å². The average Bonchev–Trinajstić information content (AvgIpc) is 3.24. The van der Waals surface area contributed by atoms with Crippen LogP contribution in [-0.4, -0.2) is 23.1 Å². The van der Waals surface area contributed by atoms with Crippen LogP contribution < -0.4 is 10.6 Å². The number of hydrogen-bond acceptors (Lipinski definition) is 4. The van der Waals surface area contributed by atoms with Crippen molar-refractivity contribution >= 4 is 11.6 Å². The first-order chi connectivity index (χ1) is 8.86. The molecule has 0 atom stereocenters. The SMILES string of the molecule is CNc1cc(NC2C(C)(C)C2(C)C)nc(C2CC2)n1. The lowest BCUT2D eigenvalue weighted by molar-refractivity contribution is 0.457. The minimum Gasteiger partial charge on any atom is -0.373 e. The molecule has 0 spiro atoms. The van der Waals surface area contributed by atoms with E-state index in [9.17, 15) is 0 Å². The Kier molecular flexibility index (Phi) is 2.57. The van der Waals surface area contributed by atoms with Crippen molar-refractivity contribution < 1.29 is 0 Å². The fourth-order valence-electron chi connectivity index (χ4n) is 2.90. The topological polar surface area (TPSA) is 49.8 Å². The minimum absolute atomic E-state index is 0.317. The maximum absolute atomic E-state index is 4.69. The van der Waals surface area contributed by atoms with Crippen LogP contribution in [0.15, 0.2) is 6.07 Å². The third-order valence-corrected chi connectivity index (χ3v) is 5.26. The molecule has 4 heteroatoms. The quantitative estimate of drug-likeness (QED) is 0.872. The van der Waals surface area contributed by atoms with Gasteiger partial charge in [0.05, 0.1) is 0 Å². The minimum atomic E-state index is 0.317. The predicted octanol–water partition coefficient (Wildman–Crippen LogP) is 3.24. The Bertz CT molecular complexity index is 489. The van der Waals surface area contributed by atoms with E-state index in [1.54, 1.807) is 0 Å². The van der Waals surface area contributed by atoms with E-state index < -0.39 is 0 Å². The highest BCUT2D eigenvalue weighted by molar-refractivity contribution is 5.50. The van der Waals surface area contributed by atoms with Crippen LogP contribution in [0, 0.1) is 10.8 Å². The standard InChI is InChI=1S/C15H24N4/c1-14(2)13(15(14,3)4)19-11-8-10(16-5)17-12(18-11)9-6-7-9/h8-9,13H,6-7H2,1-5H3,(H2,16,17,18,19). The average molecular weight is 260 g/mol. The fraction of sp³-hybridized carbons (Fsp3) is 0.733. The highest BCUT2D eigenvalue weighted by Gasteiger charge is 2.65. The summed E-state index contributed by atoms with van der Waals surface area (Å²) in [5, 5.41) is 6.74. The molecular formula is C15H24N4. The number of rotatable bonds is 4. The van der Waals surface area contributed by atoms with Gasteiger partial charge in [-0.3, -0.25) is 0 Å². The van der Waals surface area contributed by atoms with E-state index in [-0.39, 0.29) is 0 Å². The predicted molar refractivity (Wildman–Crippen MR) is 78.5 cm³/mol. The van der Waals surface area contributed by atoms with Crippen molar-refractivity contribution in [3.63, 3.8) is 0 Å². The molecule has 3 rings (SSSR count). The summed E-state index contributed by atoms with van der Waals surface area (Å²) in [6, 6.07) is 2.49. The van der Waals surface area contributed by atoms with E-state index in [1.165, 1.54) is 12.8 Å². The van der Waals surface area contributed by atoms with Crippen LogP contribution in [0.4, 0.5) is 11.6 Å². The van der Waals surface area contributed by atoms with E-state index in [1.807, 2.05) is 13.1 Å². The largest absolute Gasteiger partial charge is 0.373 e. The summed E-state index contributed by atoms with van der Waals surface area (Å²) >= 11 is 0. The molecule has 2 fully saturated rings. The van der Waals surface area contributed by atoms with Gasteiger partial charge in [0.25, 0.3) is 0 Å². The van der Waals surface area contributed by atoms with Crippen LogP contribution >= 0.6 is 0 Å². The molecule has 2 aliphatic carbocycles. The first-order valence-corrected chi connectivity index (χ1v) is 7.19. The van der Waals surface area contributed by atoms with E-state index in [2.05, 4.69) is 43.3 Å². The van der Waals surface area contributed by atoms with E-state index in [0.717, 1.165) is 17.5 Å². The normalized spacial score (nSPS) is 24.1. The molecule has 2 N–H and O–H groups in total. The molecule has 1 aromatic heterocycles. The molecule has 0 aliphatic heterocycles. The van der Waals surface area contributed by atoms with Gasteiger partial charge >= 0.3 is 0 Å². The summed E-state index contributed by atoms with van der Waals surface area (Å²) in [6.45, 7) is 9.25. The van der Waals surface area contributed by atoms with Crippen molar-refractivity contribution in [3.8, 4) is 0 Å². The van der Waals surface area contributed by atoms with Gasteiger partial charge in [-0.1, -0.05) is 27.7 Å². The van der Waals surface area contributed by atoms with Crippen LogP contribution in [0.25, 0.3) is 0 Å². The van der Waals surface area contributed by atoms with Crippen molar-refractivity contribution in [1.82, 2.24) is 9.97 Å². The van der Waals surface area contributed by atoms with E-state index in [0.29, 0.717) is 22.8 Å². The molecule has 104 valence electrons. The Morgan fingerprint density at radius 1 is 1.05 bits per heavy atom. The second-order valence-electron chi connectivity index (χ2n) is 7.04. The zero-order valence-corrected chi connectivity index (χ0v) is 12.5.